The molecule has 1 aromatic heterocycles. The van der Waals surface area contributed by atoms with Crippen LogP contribution in [0.4, 0.5) is 11.4 Å². The number of fused-ring (bicyclic) bond motifs is 1. The van der Waals surface area contributed by atoms with Crippen LogP contribution < -0.4 is 4.90 Å². The summed E-state index contributed by atoms with van der Waals surface area (Å²) in [7, 11) is 0. The lowest BCUT2D eigenvalue weighted by Gasteiger charge is -2.15. The van der Waals surface area contributed by atoms with E-state index in [0.717, 1.165) is 27.0 Å². The van der Waals surface area contributed by atoms with Crippen LogP contribution in [-0.2, 0) is 9.59 Å². The van der Waals surface area contributed by atoms with Crippen molar-refractivity contribution in [2.45, 2.75) is 36.3 Å². The van der Waals surface area contributed by atoms with Crippen LogP contribution in [0.3, 0.4) is 0 Å². The summed E-state index contributed by atoms with van der Waals surface area (Å²) < 4.78 is 0. The molecule has 4 aromatic rings. The Hall–Kier alpha value is -3.64. The number of thioether (sulfide) groups is 1. The van der Waals surface area contributed by atoms with Crippen LogP contribution in [0, 0.1) is 0 Å². The van der Waals surface area contributed by atoms with Gasteiger partial charge in [-0.1, -0.05) is 44.2 Å². The van der Waals surface area contributed by atoms with E-state index in [4.69, 9.17) is 0 Å². The fourth-order valence-electron chi connectivity index (χ4n) is 4.03. The van der Waals surface area contributed by atoms with Gasteiger partial charge in [-0.05, 0) is 64.9 Å². The fourth-order valence-corrected chi connectivity index (χ4v) is 5.09. The molecule has 0 bridgehead atoms. The lowest BCUT2D eigenvalue weighted by molar-refractivity contribution is -0.121. The van der Waals surface area contributed by atoms with Gasteiger partial charge in [-0.3, -0.25) is 14.6 Å². The lowest BCUT2D eigenvalue weighted by Crippen LogP contribution is -2.31. The zero-order chi connectivity index (χ0) is 23.7. The van der Waals surface area contributed by atoms with Crippen LogP contribution in [0.25, 0.3) is 10.9 Å². The van der Waals surface area contributed by atoms with Crippen LogP contribution in [0.5, 0.6) is 0 Å². The van der Waals surface area contributed by atoms with E-state index in [2.05, 4.69) is 48.1 Å². The van der Waals surface area contributed by atoms with E-state index < -0.39 is 5.25 Å². The number of H-pyrrole nitrogens is 1. The third kappa shape index (κ3) is 4.54. The van der Waals surface area contributed by atoms with Crippen molar-refractivity contribution in [2.75, 3.05) is 4.90 Å². The smallest absolute Gasteiger partial charge is 0.247 e. The number of aliphatic imine (C=N–C) groups is 1. The molecule has 5 rings (SSSR count). The highest BCUT2D eigenvalue weighted by molar-refractivity contribution is 8.00. The molecule has 170 valence electrons. The van der Waals surface area contributed by atoms with Gasteiger partial charge < -0.3 is 4.98 Å². The second-order valence-corrected chi connectivity index (χ2v) is 9.98. The quantitative estimate of drug-likeness (QED) is 0.261. The summed E-state index contributed by atoms with van der Waals surface area (Å²) in [6, 6.07) is 23.7. The van der Waals surface area contributed by atoms with E-state index in [0.29, 0.717) is 11.6 Å². The first-order valence-corrected chi connectivity index (χ1v) is 12.2. The second-order valence-electron chi connectivity index (χ2n) is 8.70. The average Bonchev–Trinajstić information content (AvgIpc) is 3.42. The minimum absolute atomic E-state index is 0.168. The van der Waals surface area contributed by atoms with Crippen molar-refractivity contribution < 1.29 is 9.59 Å². The Balaban J connectivity index is 1.24. The number of anilines is 1. The second kappa shape index (κ2) is 9.31. The number of hydrogen-bond acceptors (Lipinski definition) is 4. The highest BCUT2D eigenvalue weighted by atomic mass is 32.2. The van der Waals surface area contributed by atoms with E-state index in [1.54, 1.807) is 0 Å². The molecule has 0 aliphatic carbocycles. The van der Waals surface area contributed by atoms with Crippen molar-refractivity contribution in [1.82, 2.24) is 4.98 Å². The monoisotopic (exact) mass is 467 g/mol. The zero-order valence-electron chi connectivity index (χ0n) is 19.1. The molecule has 1 aliphatic rings. The van der Waals surface area contributed by atoms with E-state index in [1.165, 1.54) is 22.2 Å². The molecule has 2 heterocycles. The number of carbonyl (C=O) groups is 2. The lowest BCUT2D eigenvalue weighted by atomic mass is 10.0. The standard InChI is InChI=1S/C28H25N3O2S/c1-18(2)20-5-3-19(4-6-20)17-30-22-8-11-24(12-9-22)34-26-16-27(32)31(28(26)33)23-10-7-21-13-14-29-25(21)15-23/h3-15,17-18,26,29H,16H2,1-2H3. The molecule has 0 radical (unpaired) electrons. The first-order valence-electron chi connectivity index (χ1n) is 11.3. The summed E-state index contributed by atoms with van der Waals surface area (Å²) in [5, 5.41) is 0.616. The van der Waals surface area contributed by atoms with Gasteiger partial charge in [0.05, 0.1) is 16.6 Å². The number of benzene rings is 3. The third-order valence-corrected chi connectivity index (χ3v) is 7.18. The summed E-state index contributed by atoms with van der Waals surface area (Å²) in [4.78, 5) is 35.6. The molecule has 1 N–H and O–H groups in total. The Bertz CT molecular complexity index is 1370. The maximum atomic E-state index is 13.0. The fraction of sp³-hybridized carbons (Fsp3) is 0.179. The SMILES string of the molecule is CC(C)c1ccc(C=Nc2ccc(SC3CC(=O)N(c4ccc5cc[nH]c5c4)C3=O)cc2)cc1. The molecule has 1 aliphatic heterocycles. The Labute approximate surface area is 202 Å². The Morgan fingerprint density at radius 2 is 1.76 bits per heavy atom. The van der Waals surface area contributed by atoms with Crippen molar-refractivity contribution >= 4 is 52.1 Å². The number of nitrogens with zero attached hydrogens (tertiary/aromatic N) is 2. The van der Waals surface area contributed by atoms with Gasteiger partial charge in [-0.15, -0.1) is 11.8 Å². The van der Waals surface area contributed by atoms with Crippen LogP contribution in [-0.4, -0.2) is 28.3 Å². The predicted molar refractivity (Wildman–Crippen MR) is 139 cm³/mol. The number of amides is 2. The minimum atomic E-state index is -0.430. The molecular formula is C28H25N3O2S. The number of nitrogens with one attached hydrogen (secondary N) is 1. The molecule has 1 atom stereocenters. The summed E-state index contributed by atoms with van der Waals surface area (Å²) in [5.41, 5.74) is 4.71. The topological polar surface area (TPSA) is 65.5 Å². The molecule has 5 nitrogen and oxygen atoms in total. The number of aromatic nitrogens is 1. The zero-order valence-corrected chi connectivity index (χ0v) is 19.9. The summed E-state index contributed by atoms with van der Waals surface area (Å²) in [6.07, 6.45) is 3.89. The number of aromatic amines is 1. The molecule has 2 amide bonds. The molecule has 1 unspecified atom stereocenters. The predicted octanol–water partition coefficient (Wildman–Crippen LogP) is 6.47. The first-order chi connectivity index (χ1) is 16.5. The van der Waals surface area contributed by atoms with Crippen LogP contribution in [0.2, 0.25) is 0 Å². The number of imide groups is 1. The number of carbonyl (C=O) groups excluding carboxylic acids is 2. The van der Waals surface area contributed by atoms with Gasteiger partial charge in [0.1, 0.15) is 0 Å². The van der Waals surface area contributed by atoms with Gasteiger partial charge in [-0.25, -0.2) is 4.90 Å². The summed E-state index contributed by atoms with van der Waals surface area (Å²) in [6.45, 7) is 4.36. The van der Waals surface area contributed by atoms with Gasteiger partial charge in [0.2, 0.25) is 11.8 Å². The van der Waals surface area contributed by atoms with Crippen molar-refractivity contribution in [1.29, 1.82) is 0 Å². The maximum absolute atomic E-state index is 13.0. The molecule has 3 aromatic carbocycles. The number of hydrogen-bond donors (Lipinski definition) is 1. The summed E-state index contributed by atoms with van der Waals surface area (Å²) >= 11 is 1.42. The van der Waals surface area contributed by atoms with Gasteiger partial charge in [0, 0.05) is 29.2 Å². The van der Waals surface area contributed by atoms with Crippen molar-refractivity contribution in [3.05, 3.63) is 90.1 Å². The van der Waals surface area contributed by atoms with Crippen LogP contribution >= 0.6 is 11.8 Å². The van der Waals surface area contributed by atoms with E-state index in [-0.39, 0.29) is 18.2 Å². The summed E-state index contributed by atoms with van der Waals surface area (Å²) in [5.74, 6) is 0.166. The van der Waals surface area contributed by atoms with E-state index in [1.807, 2.05) is 60.9 Å². The Kier molecular flexibility index (Phi) is 6.07. The highest BCUT2D eigenvalue weighted by Gasteiger charge is 2.40. The van der Waals surface area contributed by atoms with Gasteiger partial charge >= 0.3 is 0 Å². The molecule has 0 saturated carbocycles. The first kappa shape index (κ1) is 22.2. The minimum Gasteiger partial charge on any atom is -0.361 e. The van der Waals surface area contributed by atoms with Crippen molar-refractivity contribution in [2.24, 2.45) is 4.99 Å². The molecule has 6 heteroatoms. The number of rotatable bonds is 6. The molecule has 1 fully saturated rings. The van der Waals surface area contributed by atoms with E-state index >= 15 is 0 Å². The Morgan fingerprint density at radius 1 is 1.00 bits per heavy atom. The van der Waals surface area contributed by atoms with Crippen LogP contribution in [0.1, 0.15) is 37.3 Å². The molecule has 0 spiro atoms. The largest absolute Gasteiger partial charge is 0.361 e. The van der Waals surface area contributed by atoms with Crippen LogP contribution in [0.15, 0.2) is 88.9 Å². The van der Waals surface area contributed by atoms with Gasteiger partial charge in [0.15, 0.2) is 0 Å². The Morgan fingerprint density at radius 3 is 2.50 bits per heavy atom. The van der Waals surface area contributed by atoms with Crippen molar-refractivity contribution in [3.8, 4) is 0 Å². The van der Waals surface area contributed by atoms with Gasteiger partial charge in [-0.2, -0.15) is 0 Å². The van der Waals surface area contributed by atoms with Crippen molar-refractivity contribution in [3.63, 3.8) is 0 Å². The normalized spacial score (nSPS) is 16.4. The average molecular weight is 468 g/mol. The molecular weight excluding hydrogens is 442 g/mol. The van der Waals surface area contributed by atoms with E-state index in [9.17, 15) is 9.59 Å². The molecule has 34 heavy (non-hydrogen) atoms. The maximum Gasteiger partial charge on any atom is 0.247 e. The van der Waals surface area contributed by atoms with Gasteiger partial charge in [0.25, 0.3) is 0 Å². The molecule has 1 saturated heterocycles. The third-order valence-electron chi connectivity index (χ3n) is 5.98. The highest BCUT2D eigenvalue weighted by Crippen LogP contribution is 2.35.